The summed E-state index contributed by atoms with van der Waals surface area (Å²) < 4.78 is 11.6. The molecule has 6 nitrogen and oxygen atoms in total. The van der Waals surface area contributed by atoms with Gasteiger partial charge in [0.25, 0.3) is 5.22 Å². The van der Waals surface area contributed by atoms with E-state index in [2.05, 4.69) is 15.5 Å². The van der Waals surface area contributed by atoms with Crippen LogP contribution < -0.4 is 10.1 Å². The molecule has 29 heavy (non-hydrogen) atoms. The molecule has 1 aromatic heterocycles. The number of thioether (sulfide) groups is 1. The number of hydrogen-bond acceptors (Lipinski definition) is 6. The molecule has 4 bridgehead atoms. The molecule has 2 aromatic rings. The van der Waals surface area contributed by atoms with E-state index in [1.54, 1.807) is 0 Å². The van der Waals surface area contributed by atoms with Gasteiger partial charge in [0.15, 0.2) is 0 Å². The zero-order valence-corrected chi connectivity index (χ0v) is 17.3. The standard InChI is InChI=1S/C22H27N3O3S/c26-19(23-6-7-27-18-4-2-1-3-5-18)14-29-21-25-24-20(28-21)22-11-15-8-16(12-22)10-17(9-15)13-22/h1-5,15-17H,6-14H2,(H,23,26). The third kappa shape index (κ3) is 4.15. The maximum atomic E-state index is 12.1. The number of carbonyl (C=O) groups is 1. The minimum Gasteiger partial charge on any atom is -0.492 e. The quantitative estimate of drug-likeness (QED) is 0.524. The van der Waals surface area contributed by atoms with Gasteiger partial charge in [-0.15, -0.1) is 10.2 Å². The Morgan fingerprint density at radius 3 is 2.48 bits per heavy atom. The van der Waals surface area contributed by atoms with Crippen molar-refractivity contribution in [2.75, 3.05) is 18.9 Å². The Morgan fingerprint density at radius 2 is 1.79 bits per heavy atom. The molecule has 0 spiro atoms. The van der Waals surface area contributed by atoms with Gasteiger partial charge in [0.05, 0.1) is 12.3 Å². The van der Waals surface area contributed by atoms with Crippen LogP contribution in [0.5, 0.6) is 5.75 Å². The summed E-state index contributed by atoms with van der Waals surface area (Å²) in [6.07, 6.45) is 7.78. The highest BCUT2D eigenvalue weighted by Crippen LogP contribution is 2.60. The molecule has 0 aliphatic heterocycles. The number of benzene rings is 1. The topological polar surface area (TPSA) is 77.2 Å². The Hall–Kier alpha value is -2.02. The van der Waals surface area contributed by atoms with E-state index < -0.39 is 0 Å². The van der Waals surface area contributed by atoms with Gasteiger partial charge < -0.3 is 14.5 Å². The number of hydrogen-bond donors (Lipinski definition) is 1. The molecule has 1 aromatic carbocycles. The Kier molecular flexibility index (Phi) is 5.24. The molecule has 7 heteroatoms. The van der Waals surface area contributed by atoms with Gasteiger partial charge in [-0.05, 0) is 68.4 Å². The van der Waals surface area contributed by atoms with E-state index >= 15 is 0 Å². The average molecular weight is 414 g/mol. The van der Waals surface area contributed by atoms with Crippen LogP contribution in [0.3, 0.4) is 0 Å². The lowest BCUT2D eigenvalue weighted by Crippen LogP contribution is -2.48. The molecule has 4 aliphatic carbocycles. The van der Waals surface area contributed by atoms with Crippen molar-refractivity contribution in [2.45, 2.75) is 49.2 Å². The molecule has 0 atom stereocenters. The van der Waals surface area contributed by atoms with Gasteiger partial charge >= 0.3 is 0 Å². The Morgan fingerprint density at radius 1 is 1.10 bits per heavy atom. The molecule has 1 N–H and O–H groups in total. The highest BCUT2D eigenvalue weighted by molar-refractivity contribution is 7.99. The number of carbonyl (C=O) groups excluding carboxylic acids is 1. The van der Waals surface area contributed by atoms with E-state index in [0.717, 1.165) is 29.4 Å². The van der Waals surface area contributed by atoms with Crippen LogP contribution in [0.1, 0.15) is 44.4 Å². The summed E-state index contributed by atoms with van der Waals surface area (Å²) in [5.41, 5.74) is 0.109. The first-order chi connectivity index (χ1) is 14.2. The molecule has 1 heterocycles. The SMILES string of the molecule is O=C(CSc1nnc(C23CC4CC(CC(C4)C2)C3)o1)NCCOc1ccccc1. The van der Waals surface area contributed by atoms with Crippen LogP contribution >= 0.6 is 11.8 Å². The van der Waals surface area contributed by atoms with Crippen LogP contribution in [0.25, 0.3) is 0 Å². The van der Waals surface area contributed by atoms with E-state index in [4.69, 9.17) is 9.15 Å². The fraction of sp³-hybridized carbons (Fsp3) is 0.591. The molecule has 4 fully saturated rings. The fourth-order valence-corrected chi connectivity index (χ4v) is 6.50. The Balaban J connectivity index is 1.08. The lowest BCUT2D eigenvalue weighted by atomic mass is 9.49. The molecule has 1 amide bonds. The van der Waals surface area contributed by atoms with Gasteiger partial charge in [-0.25, -0.2) is 0 Å². The molecule has 6 rings (SSSR count). The monoisotopic (exact) mass is 413 g/mol. The second-order valence-corrected chi connectivity index (χ2v) is 9.80. The maximum absolute atomic E-state index is 12.1. The first-order valence-corrected chi connectivity index (χ1v) is 11.6. The molecule has 154 valence electrons. The number of aromatic nitrogens is 2. The lowest BCUT2D eigenvalue weighted by molar-refractivity contribution is -0.118. The van der Waals surface area contributed by atoms with E-state index in [1.165, 1.54) is 50.3 Å². The van der Waals surface area contributed by atoms with Crippen LogP contribution in [0.2, 0.25) is 0 Å². The highest BCUT2D eigenvalue weighted by atomic mass is 32.2. The number of nitrogens with one attached hydrogen (secondary N) is 1. The number of rotatable bonds is 8. The van der Waals surface area contributed by atoms with Crippen molar-refractivity contribution in [3.05, 3.63) is 36.2 Å². The second kappa shape index (κ2) is 8.01. The third-order valence-electron chi connectivity index (χ3n) is 6.66. The third-order valence-corrected chi connectivity index (χ3v) is 7.48. The largest absolute Gasteiger partial charge is 0.492 e. The molecule has 0 saturated heterocycles. The summed E-state index contributed by atoms with van der Waals surface area (Å²) in [6, 6.07) is 9.58. The number of nitrogens with zero attached hydrogens (tertiary/aromatic N) is 2. The molecule has 4 aliphatic rings. The summed E-state index contributed by atoms with van der Waals surface area (Å²) in [5.74, 6) is 4.36. The zero-order chi connectivity index (χ0) is 19.7. The van der Waals surface area contributed by atoms with Crippen molar-refractivity contribution >= 4 is 17.7 Å². The van der Waals surface area contributed by atoms with Crippen molar-refractivity contribution in [3.8, 4) is 5.75 Å². The summed E-state index contributed by atoms with van der Waals surface area (Å²) in [5, 5.41) is 12.0. The van der Waals surface area contributed by atoms with E-state index in [9.17, 15) is 4.79 Å². The summed E-state index contributed by atoms with van der Waals surface area (Å²) in [7, 11) is 0. The van der Waals surface area contributed by atoms with E-state index in [1.807, 2.05) is 30.3 Å². The Labute approximate surface area is 175 Å². The van der Waals surface area contributed by atoms with Crippen molar-refractivity contribution in [1.29, 1.82) is 0 Å². The number of amides is 1. The maximum Gasteiger partial charge on any atom is 0.277 e. The molecular formula is C22H27N3O3S. The predicted molar refractivity (Wildman–Crippen MR) is 110 cm³/mol. The van der Waals surface area contributed by atoms with Crippen LogP contribution in [0, 0.1) is 17.8 Å². The minimum absolute atomic E-state index is 0.0544. The first kappa shape index (κ1) is 19.0. The van der Waals surface area contributed by atoms with Gasteiger partial charge in [0.1, 0.15) is 12.4 Å². The van der Waals surface area contributed by atoms with Gasteiger partial charge in [-0.3, -0.25) is 4.79 Å². The predicted octanol–water partition coefficient (Wildman–Crippen LogP) is 3.82. The smallest absolute Gasteiger partial charge is 0.277 e. The van der Waals surface area contributed by atoms with Gasteiger partial charge in [0.2, 0.25) is 11.8 Å². The second-order valence-electron chi connectivity index (χ2n) is 8.87. The van der Waals surface area contributed by atoms with E-state index in [-0.39, 0.29) is 17.1 Å². The van der Waals surface area contributed by atoms with Crippen LogP contribution in [-0.4, -0.2) is 35.0 Å². The van der Waals surface area contributed by atoms with E-state index in [0.29, 0.717) is 18.4 Å². The van der Waals surface area contributed by atoms with Crippen molar-refractivity contribution < 1.29 is 13.9 Å². The van der Waals surface area contributed by atoms with Crippen LogP contribution in [0.15, 0.2) is 40.0 Å². The van der Waals surface area contributed by atoms with Crippen molar-refractivity contribution in [2.24, 2.45) is 17.8 Å². The normalized spacial score (nSPS) is 29.7. The summed E-state index contributed by atoms with van der Waals surface area (Å²) in [4.78, 5) is 12.1. The van der Waals surface area contributed by atoms with Gasteiger partial charge in [-0.1, -0.05) is 30.0 Å². The number of para-hydroxylation sites is 1. The lowest BCUT2D eigenvalue weighted by Gasteiger charge is -2.55. The van der Waals surface area contributed by atoms with Crippen LogP contribution in [0.4, 0.5) is 0 Å². The number of ether oxygens (including phenoxy) is 1. The average Bonchev–Trinajstić information content (AvgIpc) is 3.20. The molecule has 4 saturated carbocycles. The van der Waals surface area contributed by atoms with Crippen LogP contribution in [-0.2, 0) is 10.2 Å². The minimum atomic E-state index is -0.0544. The summed E-state index contributed by atoms with van der Waals surface area (Å²) in [6.45, 7) is 0.911. The molecule has 0 unspecified atom stereocenters. The summed E-state index contributed by atoms with van der Waals surface area (Å²) >= 11 is 1.31. The zero-order valence-electron chi connectivity index (χ0n) is 16.5. The van der Waals surface area contributed by atoms with Crippen molar-refractivity contribution in [3.63, 3.8) is 0 Å². The highest BCUT2D eigenvalue weighted by Gasteiger charge is 2.54. The first-order valence-electron chi connectivity index (χ1n) is 10.6. The Bertz CT molecular complexity index is 819. The fourth-order valence-electron chi connectivity index (χ4n) is 5.91. The molecule has 0 radical (unpaired) electrons. The van der Waals surface area contributed by atoms with Gasteiger partial charge in [-0.2, -0.15) is 0 Å². The van der Waals surface area contributed by atoms with Crippen molar-refractivity contribution in [1.82, 2.24) is 15.5 Å². The molecular weight excluding hydrogens is 386 g/mol. The van der Waals surface area contributed by atoms with Gasteiger partial charge in [0, 0.05) is 5.41 Å².